The van der Waals surface area contributed by atoms with Gasteiger partial charge < -0.3 is 21.1 Å². The summed E-state index contributed by atoms with van der Waals surface area (Å²) in [7, 11) is 0. The molecule has 1 aromatic carbocycles. The number of carbonyl (C=O) groups excluding carboxylic acids is 1. The van der Waals surface area contributed by atoms with Crippen LogP contribution in [0.2, 0.25) is 0 Å². The molecule has 4 N–H and O–H groups in total. The molecule has 0 saturated heterocycles. The molecule has 1 saturated carbocycles. The van der Waals surface area contributed by atoms with Gasteiger partial charge in [0.25, 0.3) is 0 Å². The Morgan fingerprint density at radius 3 is 2.46 bits per heavy atom. The van der Waals surface area contributed by atoms with Crippen LogP contribution < -0.4 is 21.1 Å². The smallest absolute Gasteiger partial charge is 0.406 e. The number of rotatable bonds is 6. The average molecular weight is 458 g/mol. The number of halogens is 4. The second-order valence-corrected chi connectivity index (χ2v) is 5.03. The highest BCUT2D eigenvalue weighted by atomic mass is 127. The predicted molar refractivity (Wildman–Crippen MR) is 94.4 cm³/mol. The van der Waals surface area contributed by atoms with E-state index in [1.165, 1.54) is 24.3 Å². The molecule has 24 heavy (non-hydrogen) atoms. The van der Waals surface area contributed by atoms with Gasteiger partial charge in [0, 0.05) is 18.2 Å². The number of aliphatic imine (C=N–C) groups is 1. The lowest BCUT2D eigenvalue weighted by Crippen LogP contribution is -2.29. The fourth-order valence-electron chi connectivity index (χ4n) is 1.77. The third kappa shape index (κ3) is 7.70. The van der Waals surface area contributed by atoms with Crippen molar-refractivity contribution in [3.63, 3.8) is 0 Å². The standard InChI is InChI=1S/C14H17F3N4O2.HI/c15-14(16,17)23-11-5-3-10(4-6-11)21-13(18)20-8-7-19-12(22)9-1-2-9;/h3-6,9H,1-2,7-8H2,(H,19,22)(H3,18,20,21);1H. The van der Waals surface area contributed by atoms with Crippen molar-refractivity contribution in [1.29, 1.82) is 0 Å². The summed E-state index contributed by atoms with van der Waals surface area (Å²) in [6.45, 7) is 0.697. The lowest BCUT2D eigenvalue weighted by atomic mass is 10.3. The predicted octanol–water partition coefficient (Wildman–Crippen LogP) is 2.46. The summed E-state index contributed by atoms with van der Waals surface area (Å²) < 4.78 is 39.8. The fraction of sp³-hybridized carbons (Fsp3) is 0.429. The van der Waals surface area contributed by atoms with E-state index >= 15 is 0 Å². The molecule has 0 heterocycles. The number of hydrogen-bond acceptors (Lipinski definition) is 3. The van der Waals surface area contributed by atoms with Crippen LogP contribution in [0.15, 0.2) is 29.3 Å². The summed E-state index contributed by atoms with van der Waals surface area (Å²) in [5.41, 5.74) is 6.12. The van der Waals surface area contributed by atoms with Crippen LogP contribution in [-0.4, -0.2) is 31.3 Å². The highest BCUT2D eigenvalue weighted by Crippen LogP contribution is 2.28. The van der Waals surface area contributed by atoms with E-state index in [4.69, 9.17) is 5.73 Å². The van der Waals surface area contributed by atoms with Crippen molar-refractivity contribution in [2.24, 2.45) is 16.6 Å². The zero-order valence-corrected chi connectivity index (χ0v) is 14.9. The van der Waals surface area contributed by atoms with Gasteiger partial charge in [0.05, 0.1) is 6.54 Å². The zero-order valence-electron chi connectivity index (χ0n) is 12.6. The Morgan fingerprint density at radius 2 is 1.92 bits per heavy atom. The molecular formula is C14H18F3IN4O2. The number of anilines is 1. The molecular weight excluding hydrogens is 440 g/mol. The van der Waals surface area contributed by atoms with Gasteiger partial charge in [-0.1, -0.05) is 0 Å². The number of nitrogens with zero attached hydrogens (tertiary/aromatic N) is 1. The van der Waals surface area contributed by atoms with E-state index in [1.807, 2.05) is 0 Å². The van der Waals surface area contributed by atoms with E-state index < -0.39 is 6.36 Å². The van der Waals surface area contributed by atoms with E-state index in [0.29, 0.717) is 18.8 Å². The van der Waals surface area contributed by atoms with E-state index in [2.05, 4.69) is 20.4 Å². The number of carbonyl (C=O) groups is 1. The molecule has 0 unspecified atom stereocenters. The number of amides is 1. The Bertz CT molecular complexity index is 574. The molecule has 0 radical (unpaired) electrons. The summed E-state index contributed by atoms with van der Waals surface area (Å²) in [6.07, 6.45) is -2.85. The van der Waals surface area contributed by atoms with Gasteiger partial charge in [-0.15, -0.1) is 37.1 Å². The highest BCUT2D eigenvalue weighted by Gasteiger charge is 2.31. The first kappa shape index (κ1) is 20.3. The van der Waals surface area contributed by atoms with Crippen LogP contribution in [0.3, 0.4) is 0 Å². The Morgan fingerprint density at radius 1 is 1.29 bits per heavy atom. The normalized spacial score (nSPS) is 14.5. The lowest BCUT2D eigenvalue weighted by Gasteiger charge is -2.10. The first-order chi connectivity index (χ1) is 10.8. The van der Waals surface area contributed by atoms with Gasteiger partial charge in [-0.2, -0.15) is 0 Å². The molecule has 0 spiro atoms. The summed E-state index contributed by atoms with van der Waals surface area (Å²) in [5, 5.41) is 5.47. The minimum absolute atomic E-state index is 0. The largest absolute Gasteiger partial charge is 0.573 e. The fourth-order valence-corrected chi connectivity index (χ4v) is 1.77. The molecule has 10 heteroatoms. The summed E-state index contributed by atoms with van der Waals surface area (Å²) in [5.74, 6) is -0.0321. The van der Waals surface area contributed by atoms with Gasteiger partial charge in [-0.3, -0.25) is 9.79 Å². The molecule has 1 aliphatic carbocycles. The maximum Gasteiger partial charge on any atom is 0.573 e. The van der Waals surface area contributed by atoms with Crippen LogP contribution in [-0.2, 0) is 4.79 Å². The van der Waals surface area contributed by atoms with Crippen LogP contribution in [0.4, 0.5) is 18.9 Å². The van der Waals surface area contributed by atoms with Crippen molar-refractivity contribution in [3.05, 3.63) is 24.3 Å². The van der Waals surface area contributed by atoms with E-state index in [9.17, 15) is 18.0 Å². The number of benzene rings is 1. The maximum atomic E-state index is 12.0. The SMILES string of the molecule is I.NC(=NCCNC(=O)C1CC1)Nc1ccc(OC(F)(F)F)cc1. The van der Waals surface area contributed by atoms with Crippen molar-refractivity contribution < 1.29 is 22.7 Å². The van der Waals surface area contributed by atoms with Gasteiger partial charge in [-0.25, -0.2) is 0 Å². The van der Waals surface area contributed by atoms with Gasteiger partial charge in [-0.05, 0) is 37.1 Å². The molecule has 1 amide bonds. The average Bonchev–Trinajstić information content (AvgIpc) is 3.28. The van der Waals surface area contributed by atoms with E-state index in [0.717, 1.165) is 12.8 Å². The molecule has 0 aliphatic heterocycles. The number of ether oxygens (including phenoxy) is 1. The van der Waals surface area contributed by atoms with Gasteiger partial charge in [0.2, 0.25) is 5.91 Å². The van der Waals surface area contributed by atoms with Crippen molar-refractivity contribution in [1.82, 2.24) is 5.32 Å². The molecule has 6 nitrogen and oxygen atoms in total. The minimum Gasteiger partial charge on any atom is -0.406 e. The molecule has 1 aliphatic rings. The van der Waals surface area contributed by atoms with Crippen LogP contribution in [0.1, 0.15) is 12.8 Å². The second-order valence-electron chi connectivity index (χ2n) is 5.03. The van der Waals surface area contributed by atoms with Gasteiger partial charge in [0.1, 0.15) is 5.75 Å². The quantitative estimate of drug-likeness (QED) is 0.265. The lowest BCUT2D eigenvalue weighted by molar-refractivity contribution is -0.274. The molecule has 2 rings (SSSR count). The summed E-state index contributed by atoms with van der Waals surface area (Å²) in [4.78, 5) is 15.4. The number of hydrogen-bond donors (Lipinski definition) is 3. The van der Waals surface area contributed by atoms with Crippen molar-refractivity contribution in [2.75, 3.05) is 18.4 Å². The van der Waals surface area contributed by atoms with Crippen LogP contribution >= 0.6 is 24.0 Å². The van der Waals surface area contributed by atoms with Crippen molar-refractivity contribution in [2.45, 2.75) is 19.2 Å². The Kier molecular flexibility index (Phi) is 7.58. The maximum absolute atomic E-state index is 12.0. The first-order valence-corrected chi connectivity index (χ1v) is 7.04. The Balaban J connectivity index is 0.00000288. The Hall–Kier alpha value is -1.72. The minimum atomic E-state index is -4.72. The molecule has 134 valence electrons. The second kappa shape index (κ2) is 8.94. The number of nitrogens with one attached hydrogen (secondary N) is 2. The number of nitrogens with two attached hydrogens (primary N) is 1. The van der Waals surface area contributed by atoms with Crippen LogP contribution in [0.25, 0.3) is 0 Å². The van der Waals surface area contributed by atoms with Crippen molar-refractivity contribution >= 4 is 41.5 Å². The monoisotopic (exact) mass is 458 g/mol. The summed E-state index contributed by atoms with van der Waals surface area (Å²) >= 11 is 0. The van der Waals surface area contributed by atoms with Crippen molar-refractivity contribution in [3.8, 4) is 5.75 Å². The molecule has 1 fully saturated rings. The topological polar surface area (TPSA) is 88.7 Å². The molecule has 0 bridgehead atoms. The van der Waals surface area contributed by atoms with E-state index in [-0.39, 0.29) is 47.5 Å². The third-order valence-corrected chi connectivity index (χ3v) is 3.00. The molecule has 0 aromatic heterocycles. The van der Waals surface area contributed by atoms with Crippen LogP contribution in [0.5, 0.6) is 5.75 Å². The van der Waals surface area contributed by atoms with Crippen LogP contribution in [0, 0.1) is 5.92 Å². The van der Waals surface area contributed by atoms with E-state index in [1.54, 1.807) is 0 Å². The third-order valence-electron chi connectivity index (χ3n) is 3.00. The molecule has 1 aromatic rings. The zero-order chi connectivity index (χ0) is 16.9. The molecule has 0 atom stereocenters. The van der Waals surface area contributed by atoms with Gasteiger partial charge in [0.15, 0.2) is 5.96 Å². The first-order valence-electron chi connectivity index (χ1n) is 7.04. The van der Waals surface area contributed by atoms with Gasteiger partial charge >= 0.3 is 6.36 Å². The Labute approximate surface area is 154 Å². The number of guanidine groups is 1. The number of alkyl halides is 3. The highest BCUT2D eigenvalue weighted by molar-refractivity contribution is 14.0. The summed E-state index contributed by atoms with van der Waals surface area (Å²) in [6, 6.07) is 5.11.